The van der Waals surface area contributed by atoms with Crippen molar-refractivity contribution < 1.29 is 30.6 Å². The van der Waals surface area contributed by atoms with E-state index in [9.17, 15) is 30.6 Å². The van der Waals surface area contributed by atoms with Crippen LogP contribution in [0.25, 0.3) is 5.57 Å². The summed E-state index contributed by atoms with van der Waals surface area (Å²) in [7, 11) is 0. The molecule has 6 N–H and O–H groups in total. The van der Waals surface area contributed by atoms with E-state index in [1.165, 1.54) is 16.7 Å². The first kappa shape index (κ1) is 45.9. The van der Waals surface area contributed by atoms with E-state index in [0.29, 0.717) is 0 Å². The van der Waals surface area contributed by atoms with Crippen molar-refractivity contribution in [3.8, 4) is 34.5 Å². The van der Waals surface area contributed by atoms with Gasteiger partial charge in [0.25, 0.3) is 0 Å². The number of phenols is 6. The highest BCUT2D eigenvalue weighted by atomic mass is 16.3. The molecule has 6 aromatic carbocycles. The molecule has 0 aliphatic rings. The number of hydrogen-bond acceptors (Lipinski definition) is 6. The summed E-state index contributed by atoms with van der Waals surface area (Å²) < 4.78 is 0. The summed E-state index contributed by atoms with van der Waals surface area (Å²) in [6, 6.07) is 44.5. The quantitative estimate of drug-likeness (QED) is 0.0651. The van der Waals surface area contributed by atoms with Crippen LogP contribution in [0.1, 0.15) is 114 Å². The molecule has 0 aliphatic carbocycles. The molecule has 6 aromatic rings. The third-order valence-electron chi connectivity index (χ3n) is 12.5. The van der Waals surface area contributed by atoms with E-state index in [2.05, 4.69) is 62.0 Å². The molecule has 0 aliphatic heterocycles. The Hall–Kier alpha value is -6.14. The van der Waals surface area contributed by atoms with E-state index in [1.807, 2.05) is 72.8 Å². The summed E-state index contributed by atoms with van der Waals surface area (Å²) in [4.78, 5) is 0. The fourth-order valence-corrected chi connectivity index (χ4v) is 9.50. The van der Waals surface area contributed by atoms with Gasteiger partial charge in [0, 0.05) is 0 Å². The Bertz CT molecular complexity index is 2280. The lowest BCUT2D eigenvalue weighted by Crippen LogP contribution is -2.37. The monoisotopic (exact) mass is 820 g/mol. The van der Waals surface area contributed by atoms with Gasteiger partial charge in [0.15, 0.2) is 0 Å². The highest BCUT2D eigenvalue weighted by molar-refractivity contribution is 5.65. The molecule has 1 unspecified atom stereocenters. The zero-order valence-electron chi connectivity index (χ0n) is 37.1. The average Bonchev–Trinajstić information content (AvgIpc) is 3.18. The lowest BCUT2D eigenvalue weighted by Gasteiger charge is -2.43. The topological polar surface area (TPSA) is 121 Å². The predicted molar refractivity (Wildman–Crippen MR) is 250 cm³/mol. The Morgan fingerprint density at radius 3 is 0.820 bits per heavy atom. The Morgan fingerprint density at radius 2 is 0.541 bits per heavy atom. The molecule has 0 radical (unpaired) electrons. The summed E-state index contributed by atoms with van der Waals surface area (Å²) in [6.45, 7) is 22.2. The number of phenolic OH excluding ortho intramolecular Hbond substituents is 6. The fourth-order valence-electron chi connectivity index (χ4n) is 9.50. The number of rotatable bonds is 14. The number of benzene rings is 6. The van der Waals surface area contributed by atoms with Crippen LogP contribution in [0.15, 0.2) is 152 Å². The highest BCUT2D eigenvalue weighted by Gasteiger charge is 2.40. The number of hydrogen-bond donors (Lipinski definition) is 6. The Kier molecular flexibility index (Phi) is 13.7. The zero-order chi connectivity index (χ0) is 44.8. The van der Waals surface area contributed by atoms with Gasteiger partial charge in [-0.05, 0) is 165 Å². The largest absolute Gasteiger partial charge is 0.508 e. The summed E-state index contributed by atoms with van der Waals surface area (Å²) in [5, 5.41) is 58.3. The molecule has 6 nitrogen and oxygen atoms in total. The molecule has 1 atom stereocenters. The van der Waals surface area contributed by atoms with Gasteiger partial charge in [-0.1, -0.05) is 135 Å². The zero-order valence-corrected chi connectivity index (χ0v) is 37.1. The third-order valence-corrected chi connectivity index (χ3v) is 12.5. The number of allylic oxidation sites excluding steroid dienone is 1. The van der Waals surface area contributed by atoms with Crippen LogP contribution in [0.4, 0.5) is 0 Å². The van der Waals surface area contributed by atoms with Crippen molar-refractivity contribution in [3.05, 3.63) is 186 Å². The van der Waals surface area contributed by atoms with Crippen molar-refractivity contribution in [2.75, 3.05) is 0 Å². The first-order valence-corrected chi connectivity index (χ1v) is 21.0. The van der Waals surface area contributed by atoms with Crippen LogP contribution in [0.5, 0.6) is 34.5 Å². The minimum Gasteiger partial charge on any atom is -0.508 e. The Labute approximate surface area is 363 Å². The molecule has 6 heteroatoms. The Morgan fingerprint density at radius 1 is 0.328 bits per heavy atom. The van der Waals surface area contributed by atoms with E-state index in [1.54, 1.807) is 72.8 Å². The van der Waals surface area contributed by atoms with Crippen LogP contribution in [0.2, 0.25) is 0 Å². The van der Waals surface area contributed by atoms with E-state index >= 15 is 0 Å². The minimum absolute atomic E-state index is 0.134. The van der Waals surface area contributed by atoms with Gasteiger partial charge in [0.05, 0.1) is 0 Å². The van der Waals surface area contributed by atoms with Gasteiger partial charge in [-0.15, -0.1) is 0 Å². The lowest BCUT2D eigenvalue weighted by atomic mass is 9.61. The molecular formula is C55H64O6. The van der Waals surface area contributed by atoms with Gasteiger partial charge < -0.3 is 30.6 Å². The molecule has 0 heterocycles. The molecule has 0 saturated carbocycles. The second-order valence-electron chi connectivity index (χ2n) is 19.4. The highest BCUT2D eigenvalue weighted by Crippen LogP contribution is 2.48. The molecular weight excluding hydrogens is 757 g/mol. The van der Waals surface area contributed by atoms with Crippen LogP contribution < -0.4 is 0 Å². The molecule has 0 fully saturated rings. The smallest absolute Gasteiger partial charge is 0.115 e. The molecule has 0 aromatic heterocycles. The van der Waals surface area contributed by atoms with Crippen molar-refractivity contribution in [3.63, 3.8) is 0 Å². The molecule has 0 amide bonds. The second kappa shape index (κ2) is 18.2. The van der Waals surface area contributed by atoms with E-state index in [0.717, 1.165) is 47.9 Å². The van der Waals surface area contributed by atoms with Crippen LogP contribution in [0.3, 0.4) is 0 Å². The van der Waals surface area contributed by atoms with Gasteiger partial charge >= 0.3 is 0 Å². The maximum absolute atomic E-state index is 9.85. The van der Waals surface area contributed by atoms with Gasteiger partial charge in [-0.2, -0.15) is 0 Å². The molecule has 0 saturated heterocycles. The van der Waals surface area contributed by atoms with Gasteiger partial charge in [0.1, 0.15) is 34.5 Å². The van der Waals surface area contributed by atoms with Crippen molar-refractivity contribution in [1.82, 2.24) is 0 Å². The van der Waals surface area contributed by atoms with Crippen LogP contribution in [-0.4, -0.2) is 30.6 Å². The number of aromatic hydroxyl groups is 6. The minimum atomic E-state index is -0.246. The van der Waals surface area contributed by atoms with Crippen molar-refractivity contribution in [2.24, 2.45) is 0 Å². The van der Waals surface area contributed by atoms with Gasteiger partial charge in [0.2, 0.25) is 0 Å². The summed E-state index contributed by atoms with van der Waals surface area (Å²) in [6.07, 6.45) is 3.34. The van der Waals surface area contributed by atoms with Crippen LogP contribution in [-0.2, 0) is 27.1 Å². The van der Waals surface area contributed by atoms with E-state index < -0.39 is 0 Å². The lowest BCUT2D eigenvalue weighted by molar-refractivity contribution is 0.256. The maximum atomic E-state index is 9.85. The average molecular weight is 821 g/mol. The van der Waals surface area contributed by atoms with E-state index in [-0.39, 0.29) is 61.6 Å². The standard InChI is InChI=1S/C28H34O3.C27H30O3/c1-26(2,20-6-12-23(29)13-7-20)18-28(5,22-10-16-25(31)17-11-22)19-27(3,4)21-8-14-24(30)15-9-21;1-19(20-5-11-23(28)12-6-20)17-27(4,22-9-15-25(30)16-10-22)18-26(2,3)21-7-13-24(29)14-8-21/h6-17,29-31H,18-19H2,1-5H3;5-16,28-30H,1,17-18H2,2-4H3. The van der Waals surface area contributed by atoms with Crippen molar-refractivity contribution >= 4 is 5.57 Å². The molecule has 6 rings (SSSR count). The van der Waals surface area contributed by atoms with E-state index in [4.69, 9.17) is 0 Å². The third kappa shape index (κ3) is 11.8. The summed E-state index contributed by atoms with van der Waals surface area (Å²) in [5.74, 6) is 1.56. The fraction of sp³-hybridized carbons (Fsp3) is 0.309. The maximum Gasteiger partial charge on any atom is 0.115 e. The van der Waals surface area contributed by atoms with Gasteiger partial charge in [-0.25, -0.2) is 0 Å². The second-order valence-corrected chi connectivity index (χ2v) is 19.4. The molecule has 320 valence electrons. The normalized spacial score (nSPS) is 13.1. The predicted octanol–water partition coefficient (Wildman–Crippen LogP) is 13.3. The first-order chi connectivity index (χ1) is 28.5. The SMILES string of the molecule is C=C(CC(C)(CC(C)(C)c1ccc(O)cc1)c1ccc(O)cc1)c1ccc(O)cc1.CC(C)(CC(C)(CC(C)(C)c1ccc(O)cc1)c1ccc(O)cc1)c1ccc(O)cc1. The van der Waals surface area contributed by atoms with Crippen LogP contribution >= 0.6 is 0 Å². The summed E-state index contributed by atoms with van der Waals surface area (Å²) in [5.41, 5.74) is 6.96. The summed E-state index contributed by atoms with van der Waals surface area (Å²) >= 11 is 0. The first-order valence-electron chi connectivity index (χ1n) is 21.0. The molecule has 0 spiro atoms. The van der Waals surface area contributed by atoms with Gasteiger partial charge in [-0.3, -0.25) is 0 Å². The van der Waals surface area contributed by atoms with Crippen molar-refractivity contribution in [2.45, 2.75) is 108 Å². The Balaban J connectivity index is 0.000000231. The van der Waals surface area contributed by atoms with Crippen LogP contribution in [0, 0.1) is 0 Å². The molecule has 61 heavy (non-hydrogen) atoms. The van der Waals surface area contributed by atoms with Crippen molar-refractivity contribution in [1.29, 1.82) is 0 Å². The molecule has 0 bridgehead atoms.